The lowest BCUT2D eigenvalue weighted by molar-refractivity contribution is 0.0816. The minimum atomic E-state index is -0.119. The van der Waals surface area contributed by atoms with Crippen LogP contribution < -0.4 is 5.32 Å². The second-order valence-electron chi connectivity index (χ2n) is 7.97. The van der Waals surface area contributed by atoms with Crippen LogP contribution in [-0.2, 0) is 17.7 Å². The van der Waals surface area contributed by atoms with Gasteiger partial charge in [-0.15, -0.1) is 0 Å². The lowest BCUT2D eigenvalue weighted by Gasteiger charge is -2.25. The lowest BCUT2D eigenvalue weighted by atomic mass is 10.1. The first-order valence-electron chi connectivity index (χ1n) is 10.5. The fourth-order valence-corrected chi connectivity index (χ4v) is 4.37. The van der Waals surface area contributed by atoms with Gasteiger partial charge in [-0.25, -0.2) is 4.79 Å². The van der Waals surface area contributed by atoms with Crippen LogP contribution in [0.5, 0.6) is 0 Å². The third kappa shape index (κ3) is 3.94. The predicted molar refractivity (Wildman–Crippen MR) is 117 cm³/mol. The summed E-state index contributed by atoms with van der Waals surface area (Å²) in [7, 11) is 0. The molecule has 152 valence electrons. The molecule has 0 saturated carbocycles. The second-order valence-corrected chi connectivity index (χ2v) is 7.97. The number of nitrogens with one attached hydrogen (secondary N) is 1. The van der Waals surface area contributed by atoms with Crippen molar-refractivity contribution < 1.29 is 9.53 Å². The molecule has 0 bridgehead atoms. The highest BCUT2D eigenvalue weighted by Gasteiger charge is 2.24. The first-order valence-corrected chi connectivity index (χ1v) is 10.5. The Morgan fingerprint density at radius 1 is 1.07 bits per heavy atom. The number of benzene rings is 2. The number of ether oxygens (including phenoxy) is 1. The topological polar surface area (TPSA) is 54.5 Å². The van der Waals surface area contributed by atoms with Crippen LogP contribution in [-0.4, -0.2) is 35.2 Å². The van der Waals surface area contributed by atoms with Gasteiger partial charge in [0.05, 0.1) is 18.3 Å². The minimum absolute atomic E-state index is 0.0916. The van der Waals surface area contributed by atoms with E-state index in [2.05, 4.69) is 46.7 Å². The Labute approximate surface area is 176 Å². The van der Waals surface area contributed by atoms with Gasteiger partial charge in [-0.05, 0) is 65.8 Å². The van der Waals surface area contributed by atoms with Crippen molar-refractivity contribution in [1.82, 2.24) is 9.88 Å². The second kappa shape index (κ2) is 8.28. The molecule has 0 radical (unpaired) electrons. The minimum Gasteiger partial charge on any atom is -0.376 e. The van der Waals surface area contributed by atoms with Gasteiger partial charge < -0.3 is 15.0 Å². The van der Waals surface area contributed by atoms with Gasteiger partial charge in [0.1, 0.15) is 0 Å². The Morgan fingerprint density at radius 3 is 2.77 bits per heavy atom. The van der Waals surface area contributed by atoms with Crippen LogP contribution in [0.15, 0.2) is 66.9 Å². The smallest absolute Gasteiger partial charge is 0.322 e. The number of urea groups is 1. The van der Waals surface area contributed by atoms with Crippen molar-refractivity contribution in [3.8, 4) is 11.1 Å². The van der Waals surface area contributed by atoms with E-state index in [1.807, 2.05) is 24.3 Å². The van der Waals surface area contributed by atoms with Crippen LogP contribution in [0.2, 0.25) is 0 Å². The Hall–Kier alpha value is -3.18. The van der Waals surface area contributed by atoms with Gasteiger partial charge in [0.15, 0.2) is 0 Å². The molecule has 3 aromatic rings. The molecule has 1 aliphatic heterocycles. The zero-order valence-electron chi connectivity index (χ0n) is 16.9. The molecule has 30 heavy (non-hydrogen) atoms. The molecule has 1 unspecified atom stereocenters. The van der Waals surface area contributed by atoms with Crippen molar-refractivity contribution in [2.24, 2.45) is 0 Å². The van der Waals surface area contributed by atoms with E-state index in [0.29, 0.717) is 13.1 Å². The number of nitrogens with zero attached hydrogens (tertiary/aromatic N) is 2. The van der Waals surface area contributed by atoms with E-state index >= 15 is 0 Å². The van der Waals surface area contributed by atoms with E-state index in [1.54, 1.807) is 11.1 Å². The summed E-state index contributed by atoms with van der Waals surface area (Å²) in [6.45, 7) is 1.80. The van der Waals surface area contributed by atoms with Crippen molar-refractivity contribution in [2.75, 3.05) is 18.5 Å². The predicted octanol–water partition coefficient (Wildman–Crippen LogP) is 4.87. The van der Waals surface area contributed by atoms with Crippen LogP contribution in [0.3, 0.4) is 0 Å². The molecular formula is C25H25N3O2. The number of carbonyl (C=O) groups excluding carboxylic acids is 1. The number of amides is 2. The summed E-state index contributed by atoms with van der Waals surface area (Å²) in [6.07, 6.45) is 4.80. The summed E-state index contributed by atoms with van der Waals surface area (Å²) >= 11 is 0. The van der Waals surface area contributed by atoms with Crippen LogP contribution in [0.1, 0.15) is 29.7 Å². The molecule has 1 atom stereocenters. The molecule has 5 nitrogen and oxygen atoms in total. The van der Waals surface area contributed by atoms with Crippen molar-refractivity contribution in [3.05, 3.63) is 83.7 Å². The summed E-state index contributed by atoms with van der Waals surface area (Å²) in [5, 5.41) is 3.10. The van der Waals surface area contributed by atoms with E-state index in [1.165, 1.54) is 22.3 Å². The molecular weight excluding hydrogens is 374 g/mol. The summed E-state index contributed by atoms with van der Waals surface area (Å²) in [6, 6.07) is 20.3. The van der Waals surface area contributed by atoms with Gasteiger partial charge in [0.2, 0.25) is 0 Å². The lowest BCUT2D eigenvalue weighted by Crippen LogP contribution is -2.39. The number of anilines is 1. The number of aromatic nitrogens is 1. The van der Waals surface area contributed by atoms with Crippen molar-refractivity contribution in [1.29, 1.82) is 0 Å². The van der Waals surface area contributed by atoms with Gasteiger partial charge in [-0.1, -0.05) is 36.4 Å². The molecule has 0 spiro atoms. The number of hydrogen-bond acceptors (Lipinski definition) is 3. The summed E-state index contributed by atoms with van der Waals surface area (Å²) in [5.41, 5.74) is 6.84. The molecule has 1 fully saturated rings. The van der Waals surface area contributed by atoms with Crippen molar-refractivity contribution >= 4 is 11.7 Å². The standard InChI is InChI=1S/C25H25N3O2/c29-25(28(17-22-8-5-13-30-22)16-21-7-3-4-12-26-21)27-20-10-11-24-19(15-20)14-18-6-1-2-9-23(18)24/h1-4,6-7,9-12,15,22H,5,8,13-14,16-17H2,(H,27,29). The Bertz CT molecular complexity index is 1050. The molecule has 2 heterocycles. The van der Waals surface area contributed by atoms with Gasteiger partial charge >= 0.3 is 6.03 Å². The summed E-state index contributed by atoms with van der Waals surface area (Å²) in [4.78, 5) is 19.4. The van der Waals surface area contributed by atoms with Crippen LogP contribution in [0.25, 0.3) is 11.1 Å². The highest BCUT2D eigenvalue weighted by Crippen LogP contribution is 2.37. The molecule has 1 aliphatic carbocycles. The number of pyridine rings is 1. The van der Waals surface area contributed by atoms with Crippen molar-refractivity contribution in [2.45, 2.75) is 31.9 Å². The molecule has 2 aromatic carbocycles. The Balaban J connectivity index is 1.33. The molecule has 5 rings (SSSR count). The van der Waals surface area contributed by atoms with E-state index < -0.39 is 0 Å². The van der Waals surface area contributed by atoms with Gasteiger partial charge in [0.25, 0.3) is 0 Å². The van der Waals surface area contributed by atoms with E-state index in [0.717, 1.165) is 37.3 Å². The van der Waals surface area contributed by atoms with Gasteiger partial charge in [0, 0.05) is 25.0 Å². The fraction of sp³-hybridized carbons (Fsp3) is 0.280. The Morgan fingerprint density at radius 2 is 1.93 bits per heavy atom. The highest BCUT2D eigenvalue weighted by atomic mass is 16.5. The number of hydrogen-bond donors (Lipinski definition) is 1. The number of fused-ring (bicyclic) bond motifs is 3. The van der Waals surface area contributed by atoms with E-state index in [4.69, 9.17) is 4.74 Å². The molecule has 1 aromatic heterocycles. The van der Waals surface area contributed by atoms with Gasteiger partial charge in [-0.2, -0.15) is 0 Å². The number of rotatable bonds is 5. The average molecular weight is 399 g/mol. The quantitative estimate of drug-likeness (QED) is 0.521. The molecule has 1 saturated heterocycles. The third-order valence-corrected chi connectivity index (χ3v) is 5.86. The Kier molecular flexibility index (Phi) is 5.20. The SMILES string of the molecule is O=C(Nc1ccc2c(c1)Cc1ccccc1-2)N(Cc1ccccn1)CC1CCCO1. The maximum absolute atomic E-state index is 13.2. The monoisotopic (exact) mass is 399 g/mol. The average Bonchev–Trinajstić information content (AvgIpc) is 3.41. The van der Waals surface area contributed by atoms with Crippen LogP contribution in [0, 0.1) is 0 Å². The maximum atomic E-state index is 13.2. The van der Waals surface area contributed by atoms with Crippen molar-refractivity contribution in [3.63, 3.8) is 0 Å². The molecule has 5 heteroatoms. The molecule has 1 N–H and O–H groups in total. The zero-order valence-corrected chi connectivity index (χ0v) is 16.9. The van der Waals surface area contributed by atoms with Gasteiger partial charge in [-0.3, -0.25) is 4.98 Å². The zero-order chi connectivity index (χ0) is 20.3. The van der Waals surface area contributed by atoms with Crippen LogP contribution >= 0.6 is 0 Å². The highest BCUT2D eigenvalue weighted by molar-refractivity contribution is 5.90. The van der Waals surface area contributed by atoms with Crippen LogP contribution in [0.4, 0.5) is 10.5 Å². The normalized spacial score (nSPS) is 16.7. The molecule has 2 aliphatic rings. The fourth-order valence-electron chi connectivity index (χ4n) is 4.37. The van der Waals surface area contributed by atoms with E-state index in [-0.39, 0.29) is 12.1 Å². The first-order chi connectivity index (χ1) is 14.8. The maximum Gasteiger partial charge on any atom is 0.322 e. The number of carbonyl (C=O) groups is 1. The first kappa shape index (κ1) is 18.8. The largest absolute Gasteiger partial charge is 0.376 e. The summed E-state index contributed by atoms with van der Waals surface area (Å²) < 4.78 is 5.78. The van der Waals surface area contributed by atoms with E-state index in [9.17, 15) is 4.79 Å². The molecule has 2 amide bonds. The third-order valence-electron chi connectivity index (χ3n) is 5.86. The summed E-state index contributed by atoms with van der Waals surface area (Å²) in [5.74, 6) is 0.